The predicted octanol–water partition coefficient (Wildman–Crippen LogP) is 2.31. The molecule has 21 heavy (non-hydrogen) atoms. The van der Waals surface area contributed by atoms with Crippen molar-refractivity contribution in [2.75, 3.05) is 0 Å². The molecule has 0 aliphatic heterocycles. The van der Waals surface area contributed by atoms with E-state index in [2.05, 4.69) is 17.6 Å². The van der Waals surface area contributed by atoms with Crippen LogP contribution in [0, 0.1) is 12.8 Å². The molecule has 0 aromatic heterocycles. The highest BCUT2D eigenvalue weighted by Crippen LogP contribution is 2.23. The van der Waals surface area contributed by atoms with Crippen LogP contribution in [0.15, 0.2) is 24.3 Å². The van der Waals surface area contributed by atoms with Gasteiger partial charge in [-0.15, -0.1) is 0 Å². The first-order valence-electron chi connectivity index (χ1n) is 7.71. The Morgan fingerprint density at radius 2 is 1.86 bits per heavy atom. The van der Waals surface area contributed by atoms with Gasteiger partial charge in [0.2, 0.25) is 0 Å². The number of amides is 2. The van der Waals surface area contributed by atoms with E-state index < -0.39 is 11.8 Å². The zero-order chi connectivity index (χ0) is 15.2. The molecule has 0 bridgehead atoms. The average molecular weight is 288 g/mol. The average Bonchev–Trinajstić information content (AvgIpc) is 2.48. The van der Waals surface area contributed by atoms with E-state index in [1.165, 1.54) is 6.42 Å². The van der Waals surface area contributed by atoms with Gasteiger partial charge in [0.1, 0.15) is 0 Å². The van der Waals surface area contributed by atoms with Gasteiger partial charge in [-0.2, -0.15) is 0 Å². The van der Waals surface area contributed by atoms with Gasteiger partial charge >= 0.3 is 11.8 Å². The van der Waals surface area contributed by atoms with Crippen molar-refractivity contribution < 1.29 is 9.59 Å². The van der Waals surface area contributed by atoms with E-state index in [4.69, 9.17) is 0 Å². The summed E-state index contributed by atoms with van der Waals surface area (Å²) in [5.74, 6) is -0.606. The maximum absolute atomic E-state index is 11.9. The lowest BCUT2D eigenvalue weighted by Gasteiger charge is -2.29. The molecule has 2 amide bonds. The first kappa shape index (κ1) is 15.5. The topological polar surface area (TPSA) is 58.2 Å². The van der Waals surface area contributed by atoms with Crippen molar-refractivity contribution in [1.82, 2.24) is 10.6 Å². The van der Waals surface area contributed by atoms with Crippen molar-refractivity contribution in [2.45, 2.75) is 52.1 Å². The quantitative estimate of drug-likeness (QED) is 0.839. The predicted molar refractivity (Wildman–Crippen MR) is 82.6 cm³/mol. The van der Waals surface area contributed by atoms with E-state index in [9.17, 15) is 9.59 Å². The van der Waals surface area contributed by atoms with Crippen molar-refractivity contribution in [2.24, 2.45) is 5.92 Å². The molecule has 4 heteroatoms. The fourth-order valence-corrected chi connectivity index (χ4v) is 2.83. The molecule has 1 fully saturated rings. The minimum absolute atomic E-state index is 0.135. The van der Waals surface area contributed by atoms with Gasteiger partial charge in [-0.3, -0.25) is 9.59 Å². The summed E-state index contributed by atoms with van der Waals surface area (Å²) >= 11 is 0. The molecule has 0 heterocycles. The molecule has 1 aliphatic carbocycles. The maximum Gasteiger partial charge on any atom is 0.309 e. The maximum atomic E-state index is 11.9. The largest absolute Gasteiger partial charge is 0.345 e. The molecule has 1 aromatic carbocycles. The zero-order valence-corrected chi connectivity index (χ0v) is 12.8. The van der Waals surface area contributed by atoms with Crippen molar-refractivity contribution in [1.29, 1.82) is 0 Å². The van der Waals surface area contributed by atoms with Crippen LogP contribution in [0.1, 0.15) is 43.7 Å². The molecule has 2 N–H and O–H groups in total. The monoisotopic (exact) mass is 288 g/mol. The summed E-state index contributed by atoms with van der Waals surface area (Å²) in [5, 5.41) is 5.56. The van der Waals surface area contributed by atoms with Crippen LogP contribution in [-0.4, -0.2) is 17.9 Å². The lowest BCUT2D eigenvalue weighted by atomic mass is 9.86. The Morgan fingerprint density at radius 3 is 2.57 bits per heavy atom. The van der Waals surface area contributed by atoms with Gasteiger partial charge in [0.25, 0.3) is 0 Å². The van der Waals surface area contributed by atoms with Crippen LogP contribution in [0.4, 0.5) is 0 Å². The molecule has 2 atom stereocenters. The minimum atomic E-state index is -0.545. The van der Waals surface area contributed by atoms with Gasteiger partial charge in [0.05, 0.1) is 0 Å². The Labute approximate surface area is 126 Å². The highest BCUT2D eigenvalue weighted by molar-refractivity contribution is 6.35. The van der Waals surface area contributed by atoms with Crippen LogP contribution in [0.3, 0.4) is 0 Å². The molecular formula is C17H24N2O2. The fourth-order valence-electron chi connectivity index (χ4n) is 2.83. The third-order valence-corrected chi connectivity index (χ3v) is 4.33. The number of rotatable bonds is 3. The number of hydrogen-bond donors (Lipinski definition) is 2. The van der Waals surface area contributed by atoms with E-state index in [-0.39, 0.29) is 6.04 Å². The molecule has 4 nitrogen and oxygen atoms in total. The number of carbonyl (C=O) groups excluding carboxylic acids is 2. The molecule has 0 radical (unpaired) electrons. The van der Waals surface area contributed by atoms with Crippen LogP contribution >= 0.6 is 0 Å². The van der Waals surface area contributed by atoms with Gasteiger partial charge < -0.3 is 10.6 Å². The zero-order valence-electron chi connectivity index (χ0n) is 12.8. The van der Waals surface area contributed by atoms with Crippen LogP contribution in [-0.2, 0) is 16.1 Å². The van der Waals surface area contributed by atoms with Crippen LogP contribution in [0.25, 0.3) is 0 Å². The summed E-state index contributed by atoms with van der Waals surface area (Å²) in [4.78, 5) is 23.8. The Balaban J connectivity index is 1.82. The molecule has 1 aromatic rings. The van der Waals surface area contributed by atoms with Crippen LogP contribution < -0.4 is 10.6 Å². The van der Waals surface area contributed by atoms with Crippen molar-refractivity contribution in [3.8, 4) is 0 Å². The summed E-state index contributed by atoms with van der Waals surface area (Å²) in [6.45, 7) is 4.51. The Hall–Kier alpha value is -1.84. The van der Waals surface area contributed by atoms with Crippen LogP contribution in [0.5, 0.6) is 0 Å². The first-order valence-corrected chi connectivity index (χ1v) is 7.71. The first-order chi connectivity index (χ1) is 10.1. The third kappa shape index (κ3) is 4.31. The molecule has 0 spiro atoms. The molecule has 0 unspecified atom stereocenters. The van der Waals surface area contributed by atoms with Gasteiger partial charge in [-0.05, 0) is 36.8 Å². The third-order valence-electron chi connectivity index (χ3n) is 4.33. The fraction of sp³-hybridized carbons (Fsp3) is 0.529. The Morgan fingerprint density at radius 1 is 1.14 bits per heavy atom. The number of aryl methyl sites for hydroxylation is 1. The Bertz CT molecular complexity index is 513. The van der Waals surface area contributed by atoms with Crippen LogP contribution in [0.2, 0.25) is 0 Å². The molecule has 2 rings (SSSR count). The number of hydrogen-bond acceptors (Lipinski definition) is 2. The second kappa shape index (κ2) is 7.25. The number of nitrogens with one attached hydrogen (secondary N) is 2. The van der Waals surface area contributed by atoms with Gasteiger partial charge in [0.15, 0.2) is 0 Å². The van der Waals surface area contributed by atoms with E-state index in [1.54, 1.807) is 0 Å². The Kier molecular flexibility index (Phi) is 5.37. The van der Waals surface area contributed by atoms with Crippen molar-refractivity contribution in [3.63, 3.8) is 0 Å². The molecule has 114 valence electrons. The summed E-state index contributed by atoms with van der Waals surface area (Å²) in [5.41, 5.74) is 2.14. The van der Waals surface area contributed by atoms with Crippen molar-refractivity contribution >= 4 is 11.8 Å². The van der Waals surface area contributed by atoms with E-state index in [0.29, 0.717) is 12.5 Å². The highest BCUT2D eigenvalue weighted by atomic mass is 16.2. The summed E-state index contributed by atoms with van der Waals surface area (Å²) in [6.07, 6.45) is 4.43. The summed E-state index contributed by atoms with van der Waals surface area (Å²) in [6, 6.07) is 7.97. The standard InChI is InChI=1S/C17H24N2O2/c1-12-7-3-5-9-14(12)11-18-16(20)17(21)19-15-10-6-4-8-13(15)2/h3,5,7,9,13,15H,4,6,8,10-11H2,1-2H3,(H,18,20)(H,19,21)/t13-,15-/m1/s1. The molecule has 0 saturated heterocycles. The van der Waals surface area contributed by atoms with Crippen molar-refractivity contribution in [3.05, 3.63) is 35.4 Å². The van der Waals surface area contributed by atoms with Gasteiger partial charge in [-0.1, -0.05) is 44.0 Å². The van der Waals surface area contributed by atoms with E-state index >= 15 is 0 Å². The lowest BCUT2D eigenvalue weighted by molar-refractivity contribution is -0.140. The van der Waals surface area contributed by atoms with Gasteiger partial charge in [0, 0.05) is 12.6 Å². The molecule has 1 saturated carbocycles. The summed E-state index contributed by atoms with van der Waals surface area (Å²) < 4.78 is 0. The minimum Gasteiger partial charge on any atom is -0.345 e. The molecular weight excluding hydrogens is 264 g/mol. The highest BCUT2D eigenvalue weighted by Gasteiger charge is 2.25. The SMILES string of the molecule is Cc1ccccc1CNC(=O)C(=O)N[C@@H]1CCCC[C@H]1C. The molecule has 1 aliphatic rings. The lowest BCUT2D eigenvalue weighted by Crippen LogP contribution is -2.47. The number of benzene rings is 1. The smallest absolute Gasteiger partial charge is 0.309 e. The number of carbonyl (C=O) groups is 2. The second-order valence-corrected chi connectivity index (χ2v) is 5.95. The normalized spacial score (nSPS) is 21.6. The van der Waals surface area contributed by atoms with E-state index in [0.717, 1.165) is 30.4 Å². The van der Waals surface area contributed by atoms with Gasteiger partial charge in [-0.25, -0.2) is 0 Å². The summed E-state index contributed by atoms with van der Waals surface area (Å²) in [7, 11) is 0. The second-order valence-electron chi connectivity index (χ2n) is 5.95. The van der Waals surface area contributed by atoms with E-state index in [1.807, 2.05) is 31.2 Å².